The second kappa shape index (κ2) is 10.8. The van der Waals surface area contributed by atoms with Gasteiger partial charge < -0.3 is 10.2 Å². The van der Waals surface area contributed by atoms with E-state index in [0.29, 0.717) is 12.8 Å². The van der Waals surface area contributed by atoms with Gasteiger partial charge in [0.25, 0.3) is 0 Å². The molecule has 0 radical (unpaired) electrons. The zero-order valence-electron chi connectivity index (χ0n) is 16.2. The topological polar surface area (TPSA) is 40.5 Å². The molecule has 2 nitrogen and oxygen atoms in total. The first-order chi connectivity index (χ1) is 10.6. The van der Waals surface area contributed by atoms with E-state index in [1.165, 1.54) is 11.1 Å². The lowest BCUT2D eigenvalue weighted by atomic mass is 9.72. The molecule has 0 amide bonds. The van der Waals surface area contributed by atoms with E-state index in [4.69, 9.17) is 0 Å². The molecule has 134 valence electrons. The minimum absolute atomic E-state index is 0.418. The van der Waals surface area contributed by atoms with E-state index in [-0.39, 0.29) is 0 Å². The number of unbranched alkanes of at least 4 members (excludes halogenated alkanes) is 1. The molecule has 2 N–H and O–H groups in total. The third kappa shape index (κ3) is 9.12. The van der Waals surface area contributed by atoms with Crippen molar-refractivity contribution in [1.82, 2.24) is 0 Å². The predicted octanol–water partition coefficient (Wildman–Crippen LogP) is 5.91. The van der Waals surface area contributed by atoms with Crippen LogP contribution in [0, 0.1) is 5.41 Å². The highest BCUT2D eigenvalue weighted by molar-refractivity contribution is 5.02. The first-order valence-corrected chi connectivity index (χ1v) is 9.01. The Hall–Kier alpha value is -0.860. The number of rotatable bonds is 11. The summed E-state index contributed by atoms with van der Waals surface area (Å²) in [5.41, 5.74) is 1.98. The van der Waals surface area contributed by atoms with E-state index in [2.05, 4.69) is 58.9 Å². The molecule has 2 heteroatoms. The predicted molar refractivity (Wildman–Crippen MR) is 101 cm³/mol. The van der Waals surface area contributed by atoms with Crippen LogP contribution in [0.25, 0.3) is 0 Å². The molecule has 0 heterocycles. The lowest BCUT2D eigenvalue weighted by Crippen LogP contribution is -2.46. The molecule has 0 spiro atoms. The molecule has 0 fully saturated rings. The van der Waals surface area contributed by atoms with Gasteiger partial charge in [0, 0.05) is 11.8 Å². The Balaban J connectivity index is 4.94. The van der Waals surface area contributed by atoms with E-state index in [9.17, 15) is 10.2 Å². The molecule has 0 aliphatic heterocycles. The SMILES string of the molecule is CCC=CCCC(C)(CC=C(C)C)C(O)(O)CCCC=C(C)C. The summed E-state index contributed by atoms with van der Waals surface area (Å²) in [6, 6.07) is 0. The Labute approximate surface area is 144 Å². The molecule has 0 aliphatic carbocycles. The largest absolute Gasteiger partial charge is 0.365 e. The van der Waals surface area contributed by atoms with E-state index in [1.54, 1.807) is 0 Å². The van der Waals surface area contributed by atoms with E-state index in [1.807, 2.05) is 6.92 Å². The maximum absolute atomic E-state index is 10.7. The van der Waals surface area contributed by atoms with Gasteiger partial charge in [0.05, 0.1) is 0 Å². The summed E-state index contributed by atoms with van der Waals surface area (Å²) < 4.78 is 0. The van der Waals surface area contributed by atoms with Gasteiger partial charge in [-0.25, -0.2) is 0 Å². The summed E-state index contributed by atoms with van der Waals surface area (Å²) in [4.78, 5) is 0. The lowest BCUT2D eigenvalue weighted by molar-refractivity contribution is -0.244. The van der Waals surface area contributed by atoms with Gasteiger partial charge in [0.15, 0.2) is 5.79 Å². The highest BCUT2D eigenvalue weighted by Crippen LogP contribution is 2.41. The van der Waals surface area contributed by atoms with Crippen LogP contribution in [0.5, 0.6) is 0 Å². The number of hydrogen-bond acceptors (Lipinski definition) is 2. The van der Waals surface area contributed by atoms with E-state index in [0.717, 1.165) is 32.1 Å². The van der Waals surface area contributed by atoms with Crippen LogP contribution < -0.4 is 0 Å². The Bertz CT molecular complexity index is 408. The van der Waals surface area contributed by atoms with Crippen LogP contribution in [-0.2, 0) is 0 Å². The molecule has 0 rings (SSSR count). The zero-order chi connectivity index (χ0) is 17.9. The molecule has 23 heavy (non-hydrogen) atoms. The summed E-state index contributed by atoms with van der Waals surface area (Å²) >= 11 is 0. The Morgan fingerprint density at radius 1 is 0.870 bits per heavy atom. The Morgan fingerprint density at radius 2 is 1.48 bits per heavy atom. The molecule has 0 bridgehead atoms. The van der Waals surface area contributed by atoms with Crippen molar-refractivity contribution < 1.29 is 10.2 Å². The van der Waals surface area contributed by atoms with Crippen molar-refractivity contribution >= 4 is 0 Å². The Morgan fingerprint density at radius 3 is 2.00 bits per heavy atom. The summed E-state index contributed by atoms with van der Waals surface area (Å²) in [6.45, 7) is 12.4. The van der Waals surface area contributed by atoms with Crippen molar-refractivity contribution in [1.29, 1.82) is 0 Å². The summed E-state index contributed by atoms with van der Waals surface area (Å²) in [7, 11) is 0. The van der Waals surface area contributed by atoms with Crippen molar-refractivity contribution in [2.45, 2.75) is 92.3 Å². The first-order valence-electron chi connectivity index (χ1n) is 9.01. The molecule has 0 aromatic rings. The normalized spacial score (nSPS) is 14.6. The van der Waals surface area contributed by atoms with Crippen molar-refractivity contribution in [3.63, 3.8) is 0 Å². The van der Waals surface area contributed by atoms with Gasteiger partial charge in [-0.3, -0.25) is 0 Å². The molecule has 1 atom stereocenters. The quantitative estimate of drug-likeness (QED) is 0.282. The highest BCUT2D eigenvalue weighted by Gasteiger charge is 2.43. The fourth-order valence-electron chi connectivity index (χ4n) is 2.62. The maximum atomic E-state index is 10.7. The monoisotopic (exact) mass is 322 g/mol. The van der Waals surface area contributed by atoms with Crippen LogP contribution in [0.1, 0.15) is 86.5 Å². The van der Waals surface area contributed by atoms with Gasteiger partial charge in [0.1, 0.15) is 0 Å². The van der Waals surface area contributed by atoms with Crippen LogP contribution in [0.3, 0.4) is 0 Å². The van der Waals surface area contributed by atoms with Crippen molar-refractivity contribution in [2.24, 2.45) is 5.41 Å². The second-order valence-corrected chi connectivity index (χ2v) is 7.45. The summed E-state index contributed by atoms with van der Waals surface area (Å²) in [6.07, 6.45) is 14.1. The molecule has 0 saturated heterocycles. The van der Waals surface area contributed by atoms with Crippen molar-refractivity contribution in [2.75, 3.05) is 0 Å². The van der Waals surface area contributed by atoms with Gasteiger partial charge in [-0.15, -0.1) is 0 Å². The van der Waals surface area contributed by atoms with E-state index >= 15 is 0 Å². The van der Waals surface area contributed by atoms with Crippen LogP contribution in [0.4, 0.5) is 0 Å². The minimum Gasteiger partial charge on any atom is -0.365 e. The fourth-order valence-corrected chi connectivity index (χ4v) is 2.62. The Kier molecular flexibility index (Phi) is 10.4. The van der Waals surface area contributed by atoms with Gasteiger partial charge in [0.2, 0.25) is 0 Å². The molecular weight excluding hydrogens is 284 g/mol. The molecule has 0 aromatic carbocycles. The average Bonchev–Trinajstić information content (AvgIpc) is 2.45. The molecule has 0 aromatic heterocycles. The highest BCUT2D eigenvalue weighted by atomic mass is 16.5. The first kappa shape index (κ1) is 22.1. The lowest BCUT2D eigenvalue weighted by Gasteiger charge is -2.41. The minimum atomic E-state index is -1.63. The third-order valence-corrected chi connectivity index (χ3v) is 4.47. The van der Waals surface area contributed by atoms with E-state index < -0.39 is 11.2 Å². The summed E-state index contributed by atoms with van der Waals surface area (Å²) in [5.74, 6) is -1.63. The van der Waals surface area contributed by atoms with Gasteiger partial charge in [-0.05, 0) is 66.2 Å². The third-order valence-electron chi connectivity index (χ3n) is 4.47. The zero-order valence-corrected chi connectivity index (χ0v) is 16.2. The molecule has 1 unspecified atom stereocenters. The number of hydrogen-bond donors (Lipinski definition) is 2. The molecule has 0 aliphatic rings. The maximum Gasteiger partial charge on any atom is 0.168 e. The fraction of sp³-hybridized carbons (Fsp3) is 0.714. The van der Waals surface area contributed by atoms with Gasteiger partial charge >= 0.3 is 0 Å². The van der Waals surface area contributed by atoms with Gasteiger partial charge in [-0.2, -0.15) is 0 Å². The molecule has 0 saturated carbocycles. The smallest absolute Gasteiger partial charge is 0.168 e. The number of aliphatic hydroxyl groups is 2. The molecular formula is C21H38O2. The number of allylic oxidation sites excluding steroid dienone is 6. The van der Waals surface area contributed by atoms with Gasteiger partial charge in [-0.1, -0.05) is 49.3 Å². The average molecular weight is 323 g/mol. The second-order valence-electron chi connectivity index (χ2n) is 7.45. The van der Waals surface area contributed by atoms with Crippen molar-refractivity contribution in [3.05, 3.63) is 35.5 Å². The van der Waals surface area contributed by atoms with Crippen LogP contribution in [-0.4, -0.2) is 16.0 Å². The van der Waals surface area contributed by atoms with Crippen LogP contribution >= 0.6 is 0 Å². The van der Waals surface area contributed by atoms with Crippen LogP contribution in [0.15, 0.2) is 35.5 Å². The van der Waals surface area contributed by atoms with Crippen molar-refractivity contribution in [3.8, 4) is 0 Å². The summed E-state index contributed by atoms with van der Waals surface area (Å²) in [5, 5.41) is 21.5. The van der Waals surface area contributed by atoms with Crippen LogP contribution in [0.2, 0.25) is 0 Å². The standard InChI is InChI=1S/C21H38O2/c1-7-8-9-11-15-20(6,17-14-19(4)5)21(22,23)16-12-10-13-18(2)3/h8-9,13-14,22-23H,7,10-12,15-17H2,1-6H3.